The average molecular weight is 474 g/mol. The van der Waals surface area contributed by atoms with Gasteiger partial charge in [-0.05, 0) is 64.5 Å². The lowest BCUT2D eigenvalue weighted by molar-refractivity contribution is 0.0974. The molecule has 0 saturated carbocycles. The number of rotatable bonds is 4. The van der Waals surface area contributed by atoms with Crippen molar-refractivity contribution in [3.8, 4) is 11.5 Å². The molecule has 0 aliphatic carbocycles. The molecule has 0 unspecified atom stereocenters. The summed E-state index contributed by atoms with van der Waals surface area (Å²) in [6.07, 6.45) is 0. The van der Waals surface area contributed by atoms with Crippen LogP contribution in [-0.4, -0.2) is 25.2 Å². The fourth-order valence-corrected chi connectivity index (χ4v) is 3.05. The number of thiocarbonyl (C=S) groups is 1. The Morgan fingerprint density at radius 2 is 1.71 bits per heavy atom. The Kier molecular flexibility index (Phi) is 6.59. The van der Waals surface area contributed by atoms with Crippen LogP contribution in [-0.2, 0) is 0 Å². The van der Waals surface area contributed by atoms with Gasteiger partial charge < -0.3 is 14.8 Å². The van der Waals surface area contributed by atoms with Crippen molar-refractivity contribution in [2.45, 2.75) is 0 Å². The van der Waals surface area contributed by atoms with Crippen LogP contribution in [0.4, 0.5) is 5.69 Å². The zero-order chi connectivity index (χ0) is 17.7. The van der Waals surface area contributed by atoms with E-state index < -0.39 is 0 Å². The summed E-state index contributed by atoms with van der Waals surface area (Å²) in [5.74, 6) is 0.804. The third kappa shape index (κ3) is 4.68. The Labute approximate surface area is 162 Å². The van der Waals surface area contributed by atoms with E-state index in [1.165, 1.54) is 7.11 Å². The van der Waals surface area contributed by atoms with E-state index in [4.69, 9.17) is 21.7 Å². The molecule has 0 atom stereocenters. The van der Waals surface area contributed by atoms with Crippen LogP contribution in [0, 0.1) is 0 Å². The van der Waals surface area contributed by atoms with Gasteiger partial charge in [0.1, 0.15) is 11.5 Å². The number of benzene rings is 2. The summed E-state index contributed by atoms with van der Waals surface area (Å²) in [6.45, 7) is 0. The maximum atomic E-state index is 12.4. The summed E-state index contributed by atoms with van der Waals surface area (Å²) in [4.78, 5) is 12.4. The van der Waals surface area contributed by atoms with Crippen molar-refractivity contribution in [1.82, 2.24) is 5.32 Å². The van der Waals surface area contributed by atoms with Crippen molar-refractivity contribution >= 4 is 60.8 Å². The lowest BCUT2D eigenvalue weighted by Gasteiger charge is -2.13. The molecule has 0 aliphatic rings. The number of hydrogen-bond acceptors (Lipinski definition) is 4. The van der Waals surface area contributed by atoms with Crippen molar-refractivity contribution in [1.29, 1.82) is 0 Å². The molecule has 1 amide bonds. The molecule has 8 heteroatoms. The van der Waals surface area contributed by atoms with Crippen LogP contribution in [0.25, 0.3) is 0 Å². The van der Waals surface area contributed by atoms with E-state index in [0.29, 0.717) is 22.7 Å². The molecule has 0 aromatic heterocycles. The standard InChI is InChI=1S/C16H14Br2N2O3S/c1-22-13-5-3-9(17)7-11(13)15(21)20-16(24)19-10-4-6-14(23-2)12(18)8-10/h3-8H,1-2H3,(H2,19,20,21,24). The van der Waals surface area contributed by atoms with Crippen LogP contribution in [0.15, 0.2) is 45.3 Å². The third-order valence-electron chi connectivity index (χ3n) is 3.04. The quantitative estimate of drug-likeness (QED) is 0.646. The molecule has 2 aromatic carbocycles. The number of halogens is 2. The van der Waals surface area contributed by atoms with Crippen molar-refractivity contribution in [3.63, 3.8) is 0 Å². The predicted octanol–water partition coefficient (Wildman–Crippen LogP) is 4.36. The SMILES string of the molecule is COc1ccc(NC(=S)NC(=O)c2cc(Br)ccc2OC)cc1Br. The topological polar surface area (TPSA) is 59.6 Å². The predicted molar refractivity (Wildman–Crippen MR) is 105 cm³/mol. The van der Waals surface area contributed by atoms with Crippen LogP contribution in [0.1, 0.15) is 10.4 Å². The van der Waals surface area contributed by atoms with E-state index in [9.17, 15) is 4.79 Å². The Morgan fingerprint density at radius 1 is 1.04 bits per heavy atom. The largest absolute Gasteiger partial charge is 0.496 e. The highest BCUT2D eigenvalue weighted by atomic mass is 79.9. The molecule has 0 heterocycles. The van der Waals surface area contributed by atoms with Crippen molar-refractivity contribution in [2.75, 3.05) is 19.5 Å². The fourth-order valence-electron chi connectivity index (χ4n) is 1.93. The zero-order valence-corrected chi connectivity index (χ0v) is 16.8. The van der Waals surface area contributed by atoms with Crippen LogP contribution >= 0.6 is 44.1 Å². The number of nitrogens with one attached hydrogen (secondary N) is 2. The lowest BCUT2D eigenvalue weighted by Crippen LogP contribution is -2.34. The molecule has 0 fully saturated rings. The Bertz CT molecular complexity index is 784. The highest BCUT2D eigenvalue weighted by molar-refractivity contribution is 9.10. The van der Waals surface area contributed by atoms with Crippen LogP contribution in [0.2, 0.25) is 0 Å². The highest BCUT2D eigenvalue weighted by Gasteiger charge is 2.14. The molecule has 126 valence electrons. The molecule has 5 nitrogen and oxygen atoms in total. The molecular formula is C16H14Br2N2O3S. The molecule has 0 radical (unpaired) electrons. The molecule has 2 rings (SSSR count). The first-order valence-electron chi connectivity index (χ1n) is 6.74. The number of ether oxygens (including phenoxy) is 2. The first-order valence-corrected chi connectivity index (χ1v) is 8.73. The van der Waals surface area contributed by atoms with Gasteiger partial charge in [-0.3, -0.25) is 10.1 Å². The molecular weight excluding hydrogens is 460 g/mol. The third-order valence-corrected chi connectivity index (χ3v) is 4.36. The lowest BCUT2D eigenvalue weighted by atomic mass is 10.2. The van der Waals surface area contributed by atoms with Gasteiger partial charge >= 0.3 is 0 Å². The normalized spacial score (nSPS) is 10.0. The van der Waals surface area contributed by atoms with Gasteiger partial charge in [-0.2, -0.15) is 0 Å². The minimum Gasteiger partial charge on any atom is -0.496 e. The molecule has 24 heavy (non-hydrogen) atoms. The second-order valence-electron chi connectivity index (χ2n) is 4.60. The Hall–Kier alpha value is -1.64. The smallest absolute Gasteiger partial charge is 0.261 e. The van der Waals surface area contributed by atoms with E-state index >= 15 is 0 Å². The van der Waals surface area contributed by atoms with Crippen molar-refractivity contribution in [3.05, 3.63) is 50.9 Å². The molecule has 0 bridgehead atoms. The summed E-state index contributed by atoms with van der Waals surface area (Å²) < 4.78 is 11.9. The second kappa shape index (κ2) is 8.46. The zero-order valence-electron chi connectivity index (χ0n) is 12.9. The summed E-state index contributed by atoms with van der Waals surface area (Å²) in [6, 6.07) is 10.5. The maximum absolute atomic E-state index is 12.4. The second-order valence-corrected chi connectivity index (χ2v) is 6.78. The van der Waals surface area contributed by atoms with E-state index in [2.05, 4.69) is 42.5 Å². The number of methoxy groups -OCH3 is 2. The van der Waals surface area contributed by atoms with Gasteiger partial charge in [0.15, 0.2) is 5.11 Å². The van der Waals surface area contributed by atoms with Gasteiger partial charge in [-0.1, -0.05) is 15.9 Å². The fraction of sp³-hybridized carbons (Fsp3) is 0.125. The number of hydrogen-bond donors (Lipinski definition) is 2. The summed E-state index contributed by atoms with van der Waals surface area (Å²) in [5.41, 5.74) is 1.10. The minimum atomic E-state index is -0.363. The van der Waals surface area contributed by atoms with Crippen molar-refractivity contribution < 1.29 is 14.3 Å². The van der Waals surface area contributed by atoms with Crippen molar-refractivity contribution in [2.24, 2.45) is 0 Å². The molecule has 2 aromatic rings. The molecule has 2 N–H and O–H groups in total. The van der Waals surface area contributed by atoms with Gasteiger partial charge in [-0.15, -0.1) is 0 Å². The molecule has 0 saturated heterocycles. The number of amides is 1. The Balaban J connectivity index is 2.08. The summed E-state index contributed by atoms with van der Waals surface area (Å²) >= 11 is 11.9. The molecule has 0 aliphatic heterocycles. The first-order chi connectivity index (χ1) is 11.4. The van der Waals surface area contributed by atoms with Gasteiger partial charge in [0.2, 0.25) is 0 Å². The highest BCUT2D eigenvalue weighted by Crippen LogP contribution is 2.27. The summed E-state index contributed by atoms with van der Waals surface area (Å²) in [5, 5.41) is 5.76. The van der Waals surface area contributed by atoms with Crippen LogP contribution < -0.4 is 20.1 Å². The van der Waals surface area contributed by atoms with Gasteiger partial charge in [0.05, 0.1) is 24.3 Å². The van der Waals surface area contributed by atoms with E-state index in [1.54, 1.807) is 43.5 Å². The van der Waals surface area contributed by atoms with Gasteiger partial charge in [0, 0.05) is 10.2 Å². The van der Waals surface area contributed by atoms with E-state index in [0.717, 1.165) is 8.95 Å². The number of carbonyl (C=O) groups excluding carboxylic acids is 1. The van der Waals surface area contributed by atoms with Gasteiger partial charge in [0.25, 0.3) is 5.91 Å². The first kappa shape index (κ1) is 18.7. The van der Waals surface area contributed by atoms with Gasteiger partial charge in [-0.25, -0.2) is 0 Å². The van der Waals surface area contributed by atoms with Crippen LogP contribution in [0.3, 0.4) is 0 Å². The van der Waals surface area contributed by atoms with Crippen LogP contribution in [0.5, 0.6) is 11.5 Å². The Morgan fingerprint density at radius 3 is 2.33 bits per heavy atom. The summed E-state index contributed by atoms with van der Waals surface area (Å²) in [7, 11) is 3.09. The maximum Gasteiger partial charge on any atom is 0.261 e. The monoisotopic (exact) mass is 472 g/mol. The number of anilines is 1. The molecule has 0 spiro atoms. The minimum absolute atomic E-state index is 0.180. The van der Waals surface area contributed by atoms with E-state index in [1.807, 2.05) is 0 Å². The average Bonchev–Trinajstić information content (AvgIpc) is 2.54. The number of carbonyl (C=O) groups is 1. The van der Waals surface area contributed by atoms with E-state index in [-0.39, 0.29) is 11.0 Å².